The fourth-order valence-electron chi connectivity index (χ4n) is 4.17. The first-order valence-corrected chi connectivity index (χ1v) is 10.1. The van der Waals surface area contributed by atoms with Crippen LogP contribution in [0.5, 0.6) is 0 Å². The molecule has 0 radical (unpaired) electrons. The minimum Gasteiger partial charge on any atom is -0.371 e. The number of rotatable bonds is 4. The Labute approximate surface area is 169 Å². The zero-order chi connectivity index (χ0) is 20.5. The van der Waals surface area contributed by atoms with Gasteiger partial charge in [-0.05, 0) is 43.9 Å². The molecule has 3 heterocycles. The van der Waals surface area contributed by atoms with Crippen molar-refractivity contribution in [1.82, 2.24) is 19.7 Å². The van der Waals surface area contributed by atoms with Crippen LogP contribution in [0.15, 0.2) is 35.1 Å². The Balaban J connectivity index is 1.65. The number of amides is 1. The first-order chi connectivity index (χ1) is 14.0. The molecule has 1 aromatic carbocycles. The molecular weight excluding hydrogens is 366 g/mol. The van der Waals surface area contributed by atoms with Crippen molar-refractivity contribution in [1.29, 1.82) is 0 Å². The number of fused-ring (bicyclic) bond motifs is 1. The van der Waals surface area contributed by atoms with Crippen molar-refractivity contribution >= 4 is 22.6 Å². The predicted octanol–water partition coefficient (Wildman–Crippen LogP) is 2.83. The molecule has 0 aliphatic carbocycles. The van der Waals surface area contributed by atoms with E-state index in [1.807, 2.05) is 13.0 Å². The highest BCUT2D eigenvalue weighted by atomic mass is 16.2. The lowest BCUT2D eigenvalue weighted by molar-refractivity contribution is 0.0787. The van der Waals surface area contributed by atoms with Gasteiger partial charge in [0.1, 0.15) is 0 Å². The van der Waals surface area contributed by atoms with Gasteiger partial charge in [0, 0.05) is 45.1 Å². The minimum atomic E-state index is -0.291. The lowest BCUT2D eigenvalue weighted by Gasteiger charge is -2.31. The fraction of sp³-hybridized carbons (Fsp3) is 0.409. The Morgan fingerprint density at radius 1 is 1.21 bits per heavy atom. The first kappa shape index (κ1) is 19.2. The van der Waals surface area contributed by atoms with E-state index in [2.05, 4.69) is 33.2 Å². The summed E-state index contributed by atoms with van der Waals surface area (Å²) in [5.74, 6) is -0.175. The Bertz CT molecular complexity index is 1110. The van der Waals surface area contributed by atoms with Crippen molar-refractivity contribution < 1.29 is 4.79 Å². The van der Waals surface area contributed by atoms with Gasteiger partial charge in [0.25, 0.3) is 11.5 Å². The third-order valence-electron chi connectivity index (χ3n) is 5.62. The van der Waals surface area contributed by atoms with Crippen LogP contribution in [0.4, 0.5) is 5.69 Å². The number of aromatic nitrogens is 3. The van der Waals surface area contributed by atoms with Gasteiger partial charge in [-0.1, -0.05) is 18.2 Å². The molecule has 29 heavy (non-hydrogen) atoms. The van der Waals surface area contributed by atoms with Crippen LogP contribution in [-0.2, 0) is 13.6 Å². The van der Waals surface area contributed by atoms with Crippen LogP contribution in [0.2, 0.25) is 0 Å². The zero-order valence-electron chi connectivity index (χ0n) is 17.2. The first-order valence-electron chi connectivity index (χ1n) is 10.1. The molecule has 1 aliphatic heterocycles. The number of hydrogen-bond donors (Lipinski definition) is 1. The molecule has 4 rings (SSSR count). The molecule has 7 heteroatoms. The molecule has 1 amide bonds. The molecule has 2 aromatic heterocycles. The lowest BCUT2D eigenvalue weighted by atomic mass is 10.1. The van der Waals surface area contributed by atoms with Crippen LogP contribution in [0.3, 0.4) is 0 Å². The Kier molecular flexibility index (Phi) is 5.13. The maximum atomic E-state index is 13.3. The lowest BCUT2D eigenvalue weighted by Crippen LogP contribution is -2.32. The highest BCUT2D eigenvalue weighted by molar-refractivity contribution is 6.05. The summed E-state index contributed by atoms with van der Waals surface area (Å²) in [5.41, 5.74) is 3.63. The standard InChI is InChI=1S/C22H27N5O2/c1-15-13-17(19-20(23-15)26(3)24-21(19)28)22(29)25(2)14-16-9-5-6-10-18(16)27-11-7-4-8-12-27/h5-6,9-10,13H,4,7-8,11-12,14H2,1-3H3,(H,24,28). The number of H-pyrrole nitrogens is 1. The molecule has 7 nitrogen and oxygen atoms in total. The van der Waals surface area contributed by atoms with Crippen LogP contribution in [-0.4, -0.2) is 45.7 Å². The van der Waals surface area contributed by atoms with E-state index in [0.29, 0.717) is 28.8 Å². The molecule has 1 fully saturated rings. The highest BCUT2D eigenvalue weighted by Gasteiger charge is 2.22. The van der Waals surface area contributed by atoms with Gasteiger partial charge in [-0.2, -0.15) is 0 Å². The molecule has 0 saturated carbocycles. The number of aromatic amines is 1. The number of carbonyl (C=O) groups is 1. The van der Waals surface area contributed by atoms with Gasteiger partial charge in [-0.15, -0.1) is 0 Å². The largest absolute Gasteiger partial charge is 0.371 e. The monoisotopic (exact) mass is 393 g/mol. The normalized spacial score (nSPS) is 14.4. The second kappa shape index (κ2) is 7.73. The van der Waals surface area contributed by atoms with E-state index in [9.17, 15) is 9.59 Å². The van der Waals surface area contributed by atoms with E-state index in [1.54, 1.807) is 29.7 Å². The van der Waals surface area contributed by atoms with Gasteiger partial charge < -0.3 is 9.80 Å². The van der Waals surface area contributed by atoms with E-state index in [-0.39, 0.29) is 11.5 Å². The molecule has 3 aromatic rings. The van der Waals surface area contributed by atoms with Gasteiger partial charge in [0.15, 0.2) is 5.65 Å². The van der Waals surface area contributed by atoms with Gasteiger partial charge in [0.05, 0.1) is 10.9 Å². The third kappa shape index (κ3) is 3.64. The summed E-state index contributed by atoms with van der Waals surface area (Å²) < 4.78 is 1.56. The van der Waals surface area contributed by atoms with E-state index in [0.717, 1.165) is 18.7 Å². The van der Waals surface area contributed by atoms with Crippen molar-refractivity contribution in [3.05, 3.63) is 57.5 Å². The number of pyridine rings is 1. The van der Waals surface area contributed by atoms with E-state index >= 15 is 0 Å². The van der Waals surface area contributed by atoms with Crippen molar-refractivity contribution in [2.75, 3.05) is 25.0 Å². The van der Waals surface area contributed by atoms with Crippen LogP contribution in [0.25, 0.3) is 11.0 Å². The van der Waals surface area contributed by atoms with Gasteiger partial charge >= 0.3 is 0 Å². The number of anilines is 1. The van der Waals surface area contributed by atoms with Crippen molar-refractivity contribution in [3.63, 3.8) is 0 Å². The number of carbonyl (C=O) groups excluding carboxylic acids is 1. The fourth-order valence-corrected chi connectivity index (χ4v) is 4.17. The zero-order valence-corrected chi connectivity index (χ0v) is 17.2. The molecule has 152 valence electrons. The van der Waals surface area contributed by atoms with E-state index < -0.39 is 0 Å². The molecule has 1 aliphatic rings. The SMILES string of the molecule is Cc1cc(C(=O)N(C)Cc2ccccc2N2CCCCC2)c2c(=O)[nH]n(C)c2n1. The van der Waals surface area contributed by atoms with Gasteiger partial charge in [0.2, 0.25) is 0 Å². The second-order valence-corrected chi connectivity index (χ2v) is 7.85. The number of nitrogens with one attached hydrogen (secondary N) is 1. The Hall–Kier alpha value is -3.09. The molecular formula is C22H27N5O2. The highest BCUT2D eigenvalue weighted by Crippen LogP contribution is 2.26. The van der Waals surface area contributed by atoms with Crippen LogP contribution in [0, 0.1) is 6.92 Å². The maximum absolute atomic E-state index is 13.3. The van der Waals surface area contributed by atoms with Crippen molar-refractivity contribution in [2.45, 2.75) is 32.7 Å². The van der Waals surface area contributed by atoms with Gasteiger partial charge in [-0.3, -0.25) is 19.4 Å². The van der Waals surface area contributed by atoms with Crippen molar-refractivity contribution in [3.8, 4) is 0 Å². The molecule has 0 bridgehead atoms. The van der Waals surface area contributed by atoms with Crippen LogP contribution < -0.4 is 10.5 Å². The van der Waals surface area contributed by atoms with E-state index in [4.69, 9.17) is 0 Å². The summed E-state index contributed by atoms with van der Waals surface area (Å²) in [4.78, 5) is 34.2. The Morgan fingerprint density at radius 2 is 1.93 bits per heavy atom. The number of piperidine rings is 1. The maximum Gasteiger partial charge on any atom is 0.274 e. The second-order valence-electron chi connectivity index (χ2n) is 7.85. The molecule has 0 atom stereocenters. The smallest absolute Gasteiger partial charge is 0.274 e. The predicted molar refractivity (Wildman–Crippen MR) is 114 cm³/mol. The number of para-hydroxylation sites is 1. The molecule has 0 spiro atoms. The Morgan fingerprint density at radius 3 is 2.69 bits per heavy atom. The van der Waals surface area contributed by atoms with Crippen LogP contribution in [0.1, 0.15) is 40.9 Å². The summed E-state index contributed by atoms with van der Waals surface area (Å²) in [7, 11) is 3.51. The van der Waals surface area contributed by atoms with Gasteiger partial charge in [-0.25, -0.2) is 4.98 Å². The summed E-state index contributed by atoms with van der Waals surface area (Å²) >= 11 is 0. The summed E-state index contributed by atoms with van der Waals surface area (Å²) in [6.45, 7) is 4.43. The summed E-state index contributed by atoms with van der Waals surface area (Å²) in [6, 6.07) is 9.98. The minimum absolute atomic E-state index is 0.175. The average Bonchev–Trinajstić information content (AvgIpc) is 3.01. The molecule has 1 N–H and O–H groups in total. The van der Waals surface area contributed by atoms with E-state index in [1.165, 1.54) is 24.9 Å². The third-order valence-corrected chi connectivity index (χ3v) is 5.62. The quantitative estimate of drug-likeness (QED) is 0.740. The number of hydrogen-bond acceptors (Lipinski definition) is 4. The topological polar surface area (TPSA) is 74.2 Å². The van der Waals surface area contributed by atoms with Crippen LogP contribution >= 0.6 is 0 Å². The number of nitrogens with zero attached hydrogens (tertiary/aromatic N) is 4. The summed E-state index contributed by atoms with van der Waals surface area (Å²) in [5, 5.41) is 3.05. The number of benzene rings is 1. The molecule has 1 saturated heterocycles. The summed E-state index contributed by atoms with van der Waals surface area (Å²) in [6.07, 6.45) is 3.68. The van der Waals surface area contributed by atoms with Crippen molar-refractivity contribution in [2.24, 2.45) is 7.05 Å². The number of aryl methyl sites for hydroxylation is 2. The molecule has 0 unspecified atom stereocenters. The average molecular weight is 393 g/mol.